The standard InChI is InChI=1S/C18H18FN3O2S/c19-14-4-1-3-13(11-14)12-17-5-2-10-21(17)18(25)20-15-6-8-16(9-7-15)22(23)24/h1,3-4,6-9,11,17H,2,5,10,12H2,(H,20,25)/t17-/m1/s1. The first-order chi connectivity index (χ1) is 12.0. The molecule has 25 heavy (non-hydrogen) atoms. The lowest BCUT2D eigenvalue weighted by Crippen LogP contribution is -2.39. The second-order valence-corrected chi connectivity index (χ2v) is 6.44. The molecule has 1 aliphatic heterocycles. The Balaban J connectivity index is 1.65. The number of non-ortho nitro benzene ring substituents is 1. The van der Waals surface area contributed by atoms with E-state index in [4.69, 9.17) is 12.2 Å². The van der Waals surface area contributed by atoms with Crippen LogP contribution in [-0.4, -0.2) is 27.5 Å². The van der Waals surface area contributed by atoms with Crippen molar-refractivity contribution in [2.45, 2.75) is 25.3 Å². The third-order valence-corrected chi connectivity index (χ3v) is 4.66. The van der Waals surface area contributed by atoms with Crippen molar-refractivity contribution in [1.29, 1.82) is 0 Å². The first-order valence-electron chi connectivity index (χ1n) is 8.09. The summed E-state index contributed by atoms with van der Waals surface area (Å²) < 4.78 is 13.4. The summed E-state index contributed by atoms with van der Waals surface area (Å²) in [6, 6.07) is 13.0. The lowest BCUT2D eigenvalue weighted by Gasteiger charge is -2.27. The van der Waals surface area contributed by atoms with Gasteiger partial charge >= 0.3 is 0 Å². The summed E-state index contributed by atoms with van der Waals surface area (Å²) in [5, 5.41) is 14.4. The molecule has 0 bridgehead atoms. The number of hydrogen-bond donors (Lipinski definition) is 1. The van der Waals surface area contributed by atoms with Gasteiger partial charge < -0.3 is 10.2 Å². The van der Waals surface area contributed by atoms with Crippen molar-refractivity contribution in [2.24, 2.45) is 0 Å². The number of likely N-dealkylation sites (tertiary alicyclic amines) is 1. The highest BCUT2D eigenvalue weighted by molar-refractivity contribution is 7.80. The Bertz CT molecular complexity index is 782. The number of halogens is 1. The molecule has 0 aromatic heterocycles. The maximum Gasteiger partial charge on any atom is 0.269 e. The average molecular weight is 359 g/mol. The van der Waals surface area contributed by atoms with Crippen molar-refractivity contribution in [1.82, 2.24) is 4.90 Å². The van der Waals surface area contributed by atoms with E-state index >= 15 is 0 Å². The van der Waals surface area contributed by atoms with Gasteiger partial charge in [0.2, 0.25) is 0 Å². The van der Waals surface area contributed by atoms with Gasteiger partial charge in [-0.15, -0.1) is 0 Å². The zero-order chi connectivity index (χ0) is 17.8. The largest absolute Gasteiger partial charge is 0.346 e. The molecule has 0 aliphatic carbocycles. The molecule has 0 amide bonds. The summed E-state index contributed by atoms with van der Waals surface area (Å²) in [6.45, 7) is 0.846. The molecule has 3 rings (SSSR count). The van der Waals surface area contributed by atoms with Gasteiger partial charge in [-0.05, 0) is 61.3 Å². The molecule has 1 atom stereocenters. The highest BCUT2D eigenvalue weighted by Crippen LogP contribution is 2.23. The second kappa shape index (κ2) is 7.57. The van der Waals surface area contributed by atoms with Crippen LogP contribution in [0, 0.1) is 15.9 Å². The van der Waals surface area contributed by atoms with Gasteiger partial charge in [-0.3, -0.25) is 10.1 Å². The Hall–Kier alpha value is -2.54. The molecule has 130 valence electrons. The molecular weight excluding hydrogens is 341 g/mol. The minimum Gasteiger partial charge on any atom is -0.346 e. The van der Waals surface area contributed by atoms with Gasteiger partial charge in [0.15, 0.2) is 5.11 Å². The highest BCUT2D eigenvalue weighted by Gasteiger charge is 2.26. The molecule has 0 spiro atoms. The summed E-state index contributed by atoms with van der Waals surface area (Å²) in [7, 11) is 0. The van der Waals surface area contributed by atoms with Crippen LogP contribution in [0.5, 0.6) is 0 Å². The van der Waals surface area contributed by atoms with E-state index in [1.165, 1.54) is 18.2 Å². The van der Waals surface area contributed by atoms with Gasteiger partial charge in [0, 0.05) is 30.4 Å². The maximum atomic E-state index is 13.4. The minimum atomic E-state index is -0.433. The number of benzene rings is 2. The van der Waals surface area contributed by atoms with Gasteiger partial charge in [0.25, 0.3) is 5.69 Å². The number of nitro groups is 1. The molecule has 0 unspecified atom stereocenters. The smallest absolute Gasteiger partial charge is 0.269 e. The van der Waals surface area contributed by atoms with Crippen molar-refractivity contribution >= 4 is 28.7 Å². The summed E-state index contributed by atoms with van der Waals surface area (Å²) >= 11 is 5.51. The Kier molecular flexibility index (Phi) is 5.23. The third kappa shape index (κ3) is 4.30. The van der Waals surface area contributed by atoms with Gasteiger partial charge in [-0.2, -0.15) is 0 Å². The number of nitrogens with zero attached hydrogens (tertiary/aromatic N) is 2. The van der Waals surface area contributed by atoms with Crippen LogP contribution in [0.4, 0.5) is 15.8 Å². The van der Waals surface area contributed by atoms with Crippen molar-refractivity contribution < 1.29 is 9.31 Å². The van der Waals surface area contributed by atoms with Crippen molar-refractivity contribution in [3.05, 3.63) is 70.0 Å². The lowest BCUT2D eigenvalue weighted by molar-refractivity contribution is -0.384. The van der Waals surface area contributed by atoms with E-state index in [0.29, 0.717) is 10.8 Å². The van der Waals surface area contributed by atoms with E-state index in [1.807, 2.05) is 6.07 Å². The molecule has 1 saturated heterocycles. The van der Waals surface area contributed by atoms with Crippen LogP contribution < -0.4 is 5.32 Å². The average Bonchev–Trinajstić information content (AvgIpc) is 3.03. The van der Waals surface area contributed by atoms with Crippen molar-refractivity contribution in [3.8, 4) is 0 Å². The molecule has 5 nitrogen and oxygen atoms in total. The van der Waals surface area contributed by atoms with Crippen LogP contribution in [0.25, 0.3) is 0 Å². The zero-order valence-electron chi connectivity index (χ0n) is 13.5. The fourth-order valence-electron chi connectivity index (χ4n) is 3.11. The first kappa shape index (κ1) is 17.3. The van der Waals surface area contributed by atoms with E-state index in [-0.39, 0.29) is 17.5 Å². The van der Waals surface area contributed by atoms with Crippen LogP contribution >= 0.6 is 12.2 Å². The number of nitrogens with one attached hydrogen (secondary N) is 1. The minimum absolute atomic E-state index is 0.0432. The van der Waals surface area contributed by atoms with E-state index < -0.39 is 4.92 Å². The topological polar surface area (TPSA) is 58.4 Å². The molecule has 1 fully saturated rings. The predicted molar refractivity (Wildman–Crippen MR) is 99.1 cm³/mol. The molecule has 1 aliphatic rings. The van der Waals surface area contributed by atoms with Crippen LogP contribution in [0.15, 0.2) is 48.5 Å². The van der Waals surface area contributed by atoms with Gasteiger partial charge in [0.1, 0.15) is 5.82 Å². The van der Waals surface area contributed by atoms with E-state index in [0.717, 1.165) is 31.4 Å². The Morgan fingerprint density at radius 1 is 1.32 bits per heavy atom. The zero-order valence-corrected chi connectivity index (χ0v) is 14.3. The normalized spacial score (nSPS) is 16.7. The number of nitro benzene ring substituents is 1. The SMILES string of the molecule is O=[N+]([O-])c1ccc(NC(=S)N2CCC[C@@H]2Cc2cccc(F)c2)cc1. The summed E-state index contributed by atoms with van der Waals surface area (Å²) in [4.78, 5) is 12.4. The Labute approximate surface area is 150 Å². The number of hydrogen-bond acceptors (Lipinski definition) is 3. The quantitative estimate of drug-likeness (QED) is 0.505. The van der Waals surface area contributed by atoms with Gasteiger partial charge in [-0.25, -0.2) is 4.39 Å². The van der Waals surface area contributed by atoms with Crippen molar-refractivity contribution in [3.63, 3.8) is 0 Å². The predicted octanol–water partition coefficient (Wildman–Crippen LogP) is 4.14. The van der Waals surface area contributed by atoms with Gasteiger partial charge in [0.05, 0.1) is 4.92 Å². The Morgan fingerprint density at radius 3 is 2.76 bits per heavy atom. The lowest BCUT2D eigenvalue weighted by atomic mass is 10.0. The number of rotatable bonds is 4. The monoisotopic (exact) mass is 359 g/mol. The number of thiocarbonyl (C=S) groups is 1. The molecule has 7 heteroatoms. The summed E-state index contributed by atoms with van der Waals surface area (Å²) in [6.07, 6.45) is 2.76. The third-order valence-electron chi connectivity index (χ3n) is 4.33. The van der Waals surface area contributed by atoms with E-state index in [2.05, 4.69) is 10.2 Å². The van der Waals surface area contributed by atoms with Crippen molar-refractivity contribution in [2.75, 3.05) is 11.9 Å². The fraction of sp³-hybridized carbons (Fsp3) is 0.278. The van der Waals surface area contributed by atoms with Crippen LogP contribution in [0.2, 0.25) is 0 Å². The number of anilines is 1. The van der Waals surface area contributed by atoms with Gasteiger partial charge in [-0.1, -0.05) is 12.1 Å². The molecular formula is C18H18FN3O2S. The Morgan fingerprint density at radius 2 is 2.08 bits per heavy atom. The summed E-state index contributed by atoms with van der Waals surface area (Å²) in [5.74, 6) is -0.228. The van der Waals surface area contributed by atoms with Crippen LogP contribution in [-0.2, 0) is 6.42 Å². The summed E-state index contributed by atoms with van der Waals surface area (Å²) in [5.41, 5.74) is 1.71. The molecule has 0 radical (unpaired) electrons. The molecule has 1 N–H and O–H groups in total. The van der Waals surface area contributed by atoms with E-state index in [1.54, 1.807) is 24.3 Å². The highest BCUT2D eigenvalue weighted by atomic mass is 32.1. The molecule has 2 aromatic carbocycles. The molecule has 1 heterocycles. The fourth-order valence-corrected chi connectivity index (χ4v) is 3.47. The van der Waals surface area contributed by atoms with E-state index in [9.17, 15) is 14.5 Å². The van der Waals surface area contributed by atoms with Crippen LogP contribution in [0.1, 0.15) is 18.4 Å². The molecule has 2 aromatic rings. The van der Waals surface area contributed by atoms with Crippen LogP contribution in [0.3, 0.4) is 0 Å². The first-order valence-corrected chi connectivity index (χ1v) is 8.50. The maximum absolute atomic E-state index is 13.4. The second-order valence-electron chi connectivity index (χ2n) is 6.06. The molecule has 0 saturated carbocycles.